The highest BCUT2D eigenvalue weighted by atomic mass is 32.2. The molecule has 136 valence electrons. The Bertz CT molecular complexity index is 780. The van der Waals surface area contributed by atoms with Crippen molar-refractivity contribution < 1.29 is 17.9 Å². The molecule has 25 heavy (non-hydrogen) atoms. The van der Waals surface area contributed by atoms with E-state index >= 15 is 0 Å². The molecule has 3 saturated heterocycles. The molecular formula is C18H24N2O4S. The Morgan fingerprint density at radius 3 is 2.68 bits per heavy atom. The Morgan fingerprint density at radius 1 is 1.28 bits per heavy atom. The Morgan fingerprint density at radius 2 is 2.00 bits per heavy atom. The van der Waals surface area contributed by atoms with Crippen LogP contribution in [0.3, 0.4) is 0 Å². The molecule has 1 amide bonds. The van der Waals surface area contributed by atoms with E-state index in [1.54, 1.807) is 4.90 Å². The van der Waals surface area contributed by atoms with Gasteiger partial charge in [-0.15, -0.1) is 0 Å². The minimum Gasteiger partial charge on any atom is -0.365 e. The number of rotatable bonds is 3. The largest absolute Gasteiger partial charge is 0.365 e. The van der Waals surface area contributed by atoms with Crippen molar-refractivity contribution in [2.24, 2.45) is 5.92 Å². The normalized spacial score (nSPS) is 33.6. The van der Waals surface area contributed by atoms with E-state index in [9.17, 15) is 13.2 Å². The van der Waals surface area contributed by atoms with Crippen LogP contribution < -0.4 is 0 Å². The van der Waals surface area contributed by atoms with Crippen molar-refractivity contribution >= 4 is 15.9 Å². The molecule has 4 rings (SSSR count). The Kier molecular flexibility index (Phi) is 3.94. The van der Waals surface area contributed by atoms with Crippen LogP contribution in [0.4, 0.5) is 0 Å². The fourth-order valence-corrected chi connectivity index (χ4v) is 6.70. The van der Waals surface area contributed by atoms with Crippen molar-refractivity contribution in [1.82, 2.24) is 9.21 Å². The van der Waals surface area contributed by atoms with Gasteiger partial charge in [0.25, 0.3) is 0 Å². The summed E-state index contributed by atoms with van der Waals surface area (Å²) in [6, 6.07) is 9.60. The lowest BCUT2D eigenvalue weighted by atomic mass is 9.98. The zero-order valence-electron chi connectivity index (χ0n) is 14.6. The van der Waals surface area contributed by atoms with Crippen molar-refractivity contribution in [2.75, 3.05) is 19.6 Å². The molecule has 0 aromatic heterocycles. The molecule has 2 bridgehead atoms. The van der Waals surface area contributed by atoms with E-state index in [0.29, 0.717) is 32.6 Å². The molecule has 0 N–H and O–H groups in total. The topological polar surface area (TPSA) is 66.9 Å². The summed E-state index contributed by atoms with van der Waals surface area (Å²) in [6.45, 7) is 5.31. The molecule has 7 heteroatoms. The van der Waals surface area contributed by atoms with Gasteiger partial charge in [0, 0.05) is 25.6 Å². The van der Waals surface area contributed by atoms with Gasteiger partial charge in [-0.3, -0.25) is 4.79 Å². The number of carbonyl (C=O) groups excluding carboxylic acids is 1. The van der Waals surface area contributed by atoms with Gasteiger partial charge in [0.05, 0.1) is 12.6 Å². The number of amides is 1. The highest BCUT2D eigenvalue weighted by Gasteiger charge is 2.65. The second-order valence-corrected chi connectivity index (χ2v) is 9.82. The molecule has 0 radical (unpaired) electrons. The van der Waals surface area contributed by atoms with Gasteiger partial charge >= 0.3 is 0 Å². The van der Waals surface area contributed by atoms with Gasteiger partial charge < -0.3 is 9.64 Å². The van der Waals surface area contributed by atoms with Crippen molar-refractivity contribution in [3.8, 4) is 0 Å². The molecule has 3 atom stereocenters. The van der Waals surface area contributed by atoms with Crippen LogP contribution in [0.1, 0.15) is 25.8 Å². The molecule has 3 aliphatic rings. The number of ether oxygens (including phenoxy) is 1. The van der Waals surface area contributed by atoms with Crippen LogP contribution >= 0.6 is 0 Å². The number of likely N-dealkylation sites (tertiary alicyclic amines) is 1. The van der Waals surface area contributed by atoms with Crippen LogP contribution in [-0.4, -0.2) is 60.1 Å². The first-order valence-electron chi connectivity index (χ1n) is 8.81. The molecular weight excluding hydrogens is 340 g/mol. The Hall–Kier alpha value is -1.44. The standard InChI is InChI=1S/C18H24N2O4S/c1-13(2)17(21)19-10-15-8-16-18(11-19,24-15)12-20(25(16,22)23)9-14-6-4-3-5-7-14/h3-7,13,15-16H,8-12H2,1-2H3/t15-,16+,18+/m0/s1. The highest BCUT2D eigenvalue weighted by Crippen LogP contribution is 2.47. The molecule has 1 spiro atoms. The first-order valence-corrected chi connectivity index (χ1v) is 10.3. The smallest absolute Gasteiger partial charge is 0.225 e. The predicted molar refractivity (Wildman–Crippen MR) is 93.2 cm³/mol. The molecule has 0 saturated carbocycles. The van der Waals surface area contributed by atoms with Gasteiger partial charge in [-0.1, -0.05) is 44.2 Å². The van der Waals surface area contributed by atoms with Crippen molar-refractivity contribution in [3.63, 3.8) is 0 Å². The third-order valence-electron chi connectivity index (χ3n) is 5.52. The molecule has 0 aliphatic carbocycles. The summed E-state index contributed by atoms with van der Waals surface area (Å²) in [7, 11) is -3.43. The Balaban J connectivity index is 1.61. The van der Waals surface area contributed by atoms with E-state index in [-0.39, 0.29) is 17.9 Å². The third kappa shape index (κ3) is 2.69. The summed E-state index contributed by atoms with van der Waals surface area (Å²) in [4.78, 5) is 14.2. The van der Waals surface area contributed by atoms with Gasteiger partial charge in [-0.25, -0.2) is 8.42 Å². The van der Waals surface area contributed by atoms with E-state index in [1.165, 1.54) is 4.31 Å². The predicted octanol–water partition coefficient (Wildman–Crippen LogP) is 1.23. The van der Waals surface area contributed by atoms with E-state index in [4.69, 9.17) is 4.74 Å². The quantitative estimate of drug-likeness (QED) is 0.809. The van der Waals surface area contributed by atoms with Gasteiger partial charge in [0.1, 0.15) is 10.9 Å². The van der Waals surface area contributed by atoms with E-state index in [2.05, 4.69) is 0 Å². The molecule has 0 unspecified atom stereocenters. The van der Waals surface area contributed by atoms with Crippen LogP contribution in [0.5, 0.6) is 0 Å². The highest BCUT2D eigenvalue weighted by molar-refractivity contribution is 7.90. The summed E-state index contributed by atoms with van der Waals surface area (Å²) < 4.78 is 33.8. The van der Waals surface area contributed by atoms with Crippen LogP contribution in [0.15, 0.2) is 30.3 Å². The summed E-state index contributed by atoms with van der Waals surface area (Å²) in [6.07, 6.45) is 0.310. The summed E-state index contributed by atoms with van der Waals surface area (Å²) >= 11 is 0. The number of benzene rings is 1. The van der Waals surface area contributed by atoms with E-state index in [1.807, 2.05) is 44.2 Å². The van der Waals surface area contributed by atoms with Crippen LogP contribution in [0, 0.1) is 5.92 Å². The average Bonchev–Trinajstić information content (AvgIpc) is 2.94. The molecule has 1 aromatic rings. The monoisotopic (exact) mass is 364 g/mol. The molecule has 3 fully saturated rings. The number of hydrogen-bond donors (Lipinski definition) is 0. The lowest BCUT2D eigenvalue weighted by Gasteiger charge is -2.40. The molecule has 3 heterocycles. The lowest BCUT2D eigenvalue weighted by Crippen LogP contribution is -2.57. The van der Waals surface area contributed by atoms with E-state index in [0.717, 1.165) is 5.56 Å². The summed E-state index contributed by atoms with van der Waals surface area (Å²) in [5, 5.41) is -0.543. The van der Waals surface area contributed by atoms with Gasteiger partial charge in [0.15, 0.2) is 0 Å². The molecule has 1 aromatic carbocycles. The second-order valence-electron chi connectivity index (χ2n) is 7.70. The van der Waals surface area contributed by atoms with Crippen LogP contribution in [0.25, 0.3) is 0 Å². The van der Waals surface area contributed by atoms with Crippen LogP contribution in [0.2, 0.25) is 0 Å². The lowest BCUT2D eigenvalue weighted by molar-refractivity contribution is -0.153. The first-order chi connectivity index (χ1) is 11.8. The summed E-state index contributed by atoms with van der Waals surface area (Å²) in [5.41, 5.74) is 0.186. The third-order valence-corrected chi connectivity index (χ3v) is 7.84. The molecule has 6 nitrogen and oxygen atoms in total. The first kappa shape index (κ1) is 17.0. The zero-order valence-corrected chi connectivity index (χ0v) is 15.4. The fraction of sp³-hybridized carbons (Fsp3) is 0.611. The minimum absolute atomic E-state index is 0.0761. The fourth-order valence-electron chi connectivity index (χ4n) is 4.41. The number of morpholine rings is 1. The average molecular weight is 364 g/mol. The second kappa shape index (κ2) is 5.79. The number of fused-ring (bicyclic) bond motifs is 1. The molecule has 3 aliphatic heterocycles. The summed E-state index contributed by atoms with van der Waals surface area (Å²) in [5.74, 6) is -0.0157. The maximum atomic E-state index is 13.1. The maximum Gasteiger partial charge on any atom is 0.225 e. The number of nitrogens with zero attached hydrogens (tertiary/aromatic N) is 2. The van der Waals surface area contributed by atoms with Gasteiger partial charge in [0.2, 0.25) is 15.9 Å². The minimum atomic E-state index is -3.43. The van der Waals surface area contributed by atoms with E-state index < -0.39 is 20.9 Å². The number of sulfonamides is 1. The number of carbonyl (C=O) groups is 1. The SMILES string of the molecule is CC(C)C(=O)N1C[C@@H]2C[C@@H]3[C@@](C1)(CN(Cc1ccccc1)S3(=O)=O)O2. The number of hydrogen-bond acceptors (Lipinski definition) is 4. The van der Waals surface area contributed by atoms with Crippen molar-refractivity contribution in [3.05, 3.63) is 35.9 Å². The Labute approximate surface area is 148 Å². The zero-order chi connectivity index (χ0) is 17.8. The maximum absolute atomic E-state index is 13.1. The van der Waals surface area contributed by atoms with Crippen molar-refractivity contribution in [2.45, 2.75) is 43.8 Å². The van der Waals surface area contributed by atoms with Crippen molar-refractivity contribution in [1.29, 1.82) is 0 Å². The van der Waals surface area contributed by atoms with Gasteiger partial charge in [-0.05, 0) is 12.0 Å². The van der Waals surface area contributed by atoms with Gasteiger partial charge in [-0.2, -0.15) is 4.31 Å². The van der Waals surface area contributed by atoms with Crippen LogP contribution in [-0.2, 0) is 26.1 Å².